The first-order valence-electron chi connectivity index (χ1n) is 5.94. The number of amides is 1. The van der Waals surface area contributed by atoms with E-state index in [2.05, 4.69) is 27.7 Å². The molecule has 1 saturated heterocycles. The summed E-state index contributed by atoms with van der Waals surface area (Å²) in [5.74, 6) is 1.79. The first-order chi connectivity index (χ1) is 8.16. The molecule has 6 nitrogen and oxygen atoms in total. The number of nitrogens with one attached hydrogen (secondary N) is 2. The lowest BCUT2D eigenvalue weighted by Crippen LogP contribution is -2.35. The maximum absolute atomic E-state index is 11.8. The molecule has 0 aliphatic carbocycles. The zero-order valence-corrected chi connectivity index (χ0v) is 10.2. The summed E-state index contributed by atoms with van der Waals surface area (Å²) in [6.07, 6.45) is 0.584. The Morgan fingerprint density at radius 3 is 3.00 bits per heavy atom. The number of hydrogen-bond donors (Lipinski definition) is 2. The number of aryl methyl sites for hydroxylation is 1. The van der Waals surface area contributed by atoms with Crippen LogP contribution in [0.5, 0.6) is 0 Å². The lowest BCUT2D eigenvalue weighted by molar-refractivity contribution is -0.125. The molecule has 17 heavy (non-hydrogen) atoms. The molecule has 1 aliphatic rings. The molecule has 0 unspecified atom stereocenters. The molecule has 1 aromatic heterocycles. The minimum atomic E-state index is 0.0828. The third kappa shape index (κ3) is 3.03. The van der Waals surface area contributed by atoms with Crippen LogP contribution in [-0.2, 0) is 11.2 Å². The summed E-state index contributed by atoms with van der Waals surface area (Å²) in [6.45, 7) is 6.10. The van der Waals surface area contributed by atoms with Gasteiger partial charge in [0.25, 0.3) is 0 Å². The van der Waals surface area contributed by atoms with Crippen molar-refractivity contribution >= 4 is 5.91 Å². The summed E-state index contributed by atoms with van der Waals surface area (Å²) in [5, 5.41) is 9.81. The van der Waals surface area contributed by atoms with Gasteiger partial charge in [0.1, 0.15) is 0 Å². The zero-order chi connectivity index (χ0) is 12.3. The zero-order valence-electron chi connectivity index (χ0n) is 10.2. The third-order valence-corrected chi connectivity index (χ3v) is 3.06. The summed E-state index contributed by atoms with van der Waals surface area (Å²) in [5.41, 5.74) is 0. The third-order valence-electron chi connectivity index (χ3n) is 3.06. The van der Waals surface area contributed by atoms with Crippen molar-refractivity contribution < 1.29 is 9.32 Å². The Balaban J connectivity index is 1.73. The summed E-state index contributed by atoms with van der Waals surface area (Å²) in [4.78, 5) is 15.9. The summed E-state index contributed by atoms with van der Waals surface area (Å²) < 4.78 is 4.97. The Hall–Kier alpha value is -1.43. The second-order valence-electron chi connectivity index (χ2n) is 4.52. The van der Waals surface area contributed by atoms with E-state index in [-0.39, 0.29) is 11.8 Å². The molecule has 0 aromatic carbocycles. The smallest absolute Gasteiger partial charge is 0.228 e. The molecule has 0 saturated carbocycles. The fourth-order valence-electron chi connectivity index (χ4n) is 2.03. The van der Waals surface area contributed by atoms with Crippen LogP contribution in [-0.4, -0.2) is 35.7 Å². The maximum Gasteiger partial charge on any atom is 0.228 e. The van der Waals surface area contributed by atoms with Crippen LogP contribution in [0.1, 0.15) is 18.6 Å². The van der Waals surface area contributed by atoms with E-state index in [0.717, 1.165) is 13.1 Å². The molecule has 1 aliphatic heterocycles. The van der Waals surface area contributed by atoms with Crippen LogP contribution in [0.4, 0.5) is 0 Å². The molecule has 1 aromatic rings. The van der Waals surface area contributed by atoms with Gasteiger partial charge in [0.2, 0.25) is 11.8 Å². The van der Waals surface area contributed by atoms with Gasteiger partial charge in [-0.3, -0.25) is 4.79 Å². The highest BCUT2D eigenvalue weighted by Gasteiger charge is 2.29. The molecule has 0 spiro atoms. The molecule has 1 fully saturated rings. The van der Waals surface area contributed by atoms with E-state index in [9.17, 15) is 4.79 Å². The van der Waals surface area contributed by atoms with Crippen LogP contribution >= 0.6 is 0 Å². The van der Waals surface area contributed by atoms with Crippen LogP contribution in [0, 0.1) is 18.8 Å². The Bertz CT molecular complexity index is 391. The molecule has 2 atom stereocenters. The predicted molar refractivity (Wildman–Crippen MR) is 61.3 cm³/mol. The summed E-state index contributed by atoms with van der Waals surface area (Å²) in [7, 11) is 0. The SMILES string of the molecule is Cc1noc(CCNC(=O)[C@@H]2CNC[C@H]2C)n1. The number of rotatable bonds is 4. The second kappa shape index (κ2) is 5.27. The van der Waals surface area contributed by atoms with E-state index < -0.39 is 0 Å². The largest absolute Gasteiger partial charge is 0.355 e. The van der Waals surface area contributed by atoms with E-state index in [0.29, 0.717) is 30.6 Å². The van der Waals surface area contributed by atoms with Gasteiger partial charge < -0.3 is 15.2 Å². The molecule has 0 radical (unpaired) electrons. The standard InChI is InChI=1S/C11H18N4O2/c1-7-5-12-6-9(7)11(16)13-4-3-10-14-8(2)15-17-10/h7,9,12H,3-6H2,1-2H3,(H,13,16)/t7-,9-/m1/s1. The number of nitrogens with zero attached hydrogens (tertiary/aromatic N) is 2. The van der Waals surface area contributed by atoms with Crippen molar-refractivity contribution in [2.45, 2.75) is 20.3 Å². The molecular weight excluding hydrogens is 220 g/mol. The van der Waals surface area contributed by atoms with Crippen molar-refractivity contribution in [2.24, 2.45) is 11.8 Å². The number of aromatic nitrogens is 2. The van der Waals surface area contributed by atoms with Crippen molar-refractivity contribution in [2.75, 3.05) is 19.6 Å². The molecule has 6 heteroatoms. The normalized spacial score (nSPS) is 23.9. The monoisotopic (exact) mass is 238 g/mol. The van der Waals surface area contributed by atoms with Crippen molar-refractivity contribution in [1.82, 2.24) is 20.8 Å². The molecule has 94 valence electrons. The van der Waals surface area contributed by atoms with E-state index in [1.54, 1.807) is 6.92 Å². The van der Waals surface area contributed by atoms with E-state index in [1.807, 2.05) is 0 Å². The molecule has 2 rings (SSSR count). The molecule has 2 heterocycles. The van der Waals surface area contributed by atoms with Gasteiger partial charge in [-0.25, -0.2) is 0 Å². The minimum Gasteiger partial charge on any atom is -0.355 e. The summed E-state index contributed by atoms with van der Waals surface area (Å²) >= 11 is 0. The Morgan fingerprint density at radius 1 is 1.59 bits per heavy atom. The molecule has 1 amide bonds. The van der Waals surface area contributed by atoms with Crippen molar-refractivity contribution in [3.05, 3.63) is 11.7 Å². The Labute approximate surface area is 100 Å². The average molecular weight is 238 g/mol. The van der Waals surface area contributed by atoms with Crippen LogP contribution in [0.15, 0.2) is 4.52 Å². The first kappa shape index (κ1) is 12.0. The highest BCUT2D eigenvalue weighted by atomic mass is 16.5. The fraction of sp³-hybridized carbons (Fsp3) is 0.727. The molecule has 0 bridgehead atoms. The predicted octanol–water partition coefficient (Wildman–Crippen LogP) is -0.108. The van der Waals surface area contributed by atoms with Gasteiger partial charge in [-0.15, -0.1) is 0 Å². The number of carbonyl (C=O) groups excluding carboxylic acids is 1. The minimum absolute atomic E-state index is 0.0828. The fourth-order valence-corrected chi connectivity index (χ4v) is 2.03. The van der Waals surface area contributed by atoms with Crippen molar-refractivity contribution in [1.29, 1.82) is 0 Å². The van der Waals surface area contributed by atoms with Gasteiger partial charge in [0.05, 0.1) is 5.92 Å². The molecule has 2 N–H and O–H groups in total. The summed E-state index contributed by atoms with van der Waals surface area (Å²) in [6, 6.07) is 0. The first-order valence-corrected chi connectivity index (χ1v) is 5.94. The van der Waals surface area contributed by atoms with E-state index in [4.69, 9.17) is 4.52 Å². The Morgan fingerprint density at radius 2 is 2.41 bits per heavy atom. The lowest BCUT2D eigenvalue weighted by atomic mass is 9.97. The van der Waals surface area contributed by atoms with Gasteiger partial charge in [-0.1, -0.05) is 12.1 Å². The quantitative estimate of drug-likeness (QED) is 0.765. The van der Waals surface area contributed by atoms with Gasteiger partial charge in [0, 0.05) is 19.5 Å². The van der Waals surface area contributed by atoms with Crippen molar-refractivity contribution in [3.8, 4) is 0 Å². The Kier molecular flexibility index (Phi) is 3.73. The maximum atomic E-state index is 11.8. The number of carbonyl (C=O) groups is 1. The highest BCUT2D eigenvalue weighted by molar-refractivity contribution is 5.79. The number of hydrogen-bond acceptors (Lipinski definition) is 5. The van der Waals surface area contributed by atoms with Crippen LogP contribution in [0.25, 0.3) is 0 Å². The van der Waals surface area contributed by atoms with Gasteiger partial charge in [-0.2, -0.15) is 4.98 Å². The van der Waals surface area contributed by atoms with Gasteiger partial charge >= 0.3 is 0 Å². The van der Waals surface area contributed by atoms with Gasteiger partial charge in [0.15, 0.2) is 5.82 Å². The lowest BCUT2D eigenvalue weighted by Gasteiger charge is -2.13. The molecular formula is C11H18N4O2. The highest BCUT2D eigenvalue weighted by Crippen LogP contribution is 2.15. The second-order valence-corrected chi connectivity index (χ2v) is 4.52. The van der Waals surface area contributed by atoms with E-state index in [1.165, 1.54) is 0 Å². The van der Waals surface area contributed by atoms with Crippen LogP contribution in [0.2, 0.25) is 0 Å². The van der Waals surface area contributed by atoms with Crippen molar-refractivity contribution in [3.63, 3.8) is 0 Å². The van der Waals surface area contributed by atoms with Gasteiger partial charge in [-0.05, 0) is 19.4 Å². The topological polar surface area (TPSA) is 80.0 Å². The average Bonchev–Trinajstić information content (AvgIpc) is 2.87. The van der Waals surface area contributed by atoms with E-state index >= 15 is 0 Å². The van der Waals surface area contributed by atoms with Crippen LogP contribution in [0.3, 0.4) is 0 Å². The van der Waals surface area contributed by atoms with Crippen LogP contribution < -0.4 is 10.6 Å².